The summed E-state index contributed by atoms with van der Waals surface area (Å²) in [6.07, 6.45) is -3.81. The summed E-state index contributed by atoms with van der Waals surface area (Å²) in [7, 11) is 2.08. The first-order valence-electron chi connectivity index (χ1n) is 9.52. The second-order valence-corrected chi connectivity index (χ2v) is 7.28. The summed E-state index contributed by atoms with van der Waals surface area (Å²) in [4.78, 5) is 6.35. The summed E-state index contributed by atoms with van der Waals surface area (Å²) in [5, 5.41) is 7.90. The van der Waals surface area contributed by atoms with Crippen LogP contribution in [0.25, 0.3) is 22.4 Å². The normalized spacial score (nSPS) is 17.3. The summed E-state index contributed by atoms with van der Waals surface area (Å²) < 4.78 is 47.1. The van der Waals surface area contributed by atoms with Crippen molar-refractivity contribution in [2.75, 3.05) is 25.5 Å². The van der Waals surface area contributed by atoms with E-state index in [-0.39, 0.29) is 30.0 Å². The fraction of sp³-hybridized carbons (Fsp3) is 0.474. The molecule has 1 aliphatic rings. The van der Waals surface area contributed by atoms with Gasteiger partial charge in [0, 0.05) is 17.1 Å². The molecular weight excluding hydrogens is 385 g/mol. The van der Waals surface area contributed by atoms with Crippen molar-refractivity contribution < 1.29 is 17.7 Å². The highest BCUT2D eigenvalue weighted by atomic mass is 19.3. The van der Waals surface area contributed by atoms with Crippen molar-refractivity contribution in [3.05, 3.63) is 30.2 Å². The van der Waals surface area contributed by atoms with Crippen molar-refractivity contribution in [2.45, 2.75) is 38.1 Å². The number of hydrogen-bond donors (Lipinski definition) is 2. The summed E-state index contributed by atoms with van der Waals surface area (Å²) in [6, 6.07) is 7.07. The largest absolute Gasteiger partial charge is 0.382 e. The van der Waals surface area contributed by atoms with Crippen molar-refractivity contribution in [1.29, 1.82) is 0 Å². The molecule has 1 atom stereocenters. The Balaban J connectivity index is 1.78. The number of piperidine rings is 1. The minimum Gasteiger partial charge on any atom is -0.382 e. The number of rotatable bonds is 6. The summed E-state index contributed by atoms with van der Waals surface area (Å²) in [5.74, 6) is 0.170. The van der Waals surface area contributed by atoms with Crippen molar-refractivity contribution in [3.8, 4) is 11.5 Å². The molecule has 0 aliphatic carbocycles. The third-order valence-corrected chi connectivity index (χ3v) is 5.29. The molecule has 1 aromatic carbocycles. The Bertz CT molecular complexity index is 980. The molecule has 10 heteroatoms. The van der Waals surface area contributed by atoms with Crippen LogP contribution in [0.2, 0.25) is 0 Å². The van der Waals surface area contributed by atoms with E-state index in [0.29, 0.717) is 10.9 Å². The molecule has 3 aromatic rings. The molecule has 3 heterocycles. The van der Waals surface area contributed by atoms with E-state index < -0.39 is 12.7 Å². The monoisotopic (exact) mass is 408 g/mol. The molecule has 1 unspecified atom stereocenters. The lowest BCUT2D eigenvalue weighted by molar-refractivity contribution is 0.0114. The smallest absolute Gasteiger partial charge is 0.288 e. The predicted octanol–water partition coefficient (Wildman–Crippen LogP) is 3.39. The molecule has 0 radical (unpaired) electrons. The van der Waals surface area contributed by atoms with Crippen molar-refractivity contribution in [1.82, 2.24) is 19.6 Å². The lowest BCUT2D eigenvalue weighted by Gasteiger charge is -2.30. The van der Waals surface area contributed by atoms with Gasteiger partial charge >= 0.3 is 0 Å². The minimum absolute atomic E-state index is 0.00403. The molecule has 7 nitrogen and oxygen atoms in total. The molecule has 3 N–H and O–H groups in total. The maximum absolute atomic E-state index is 14.6. The number of halogens is 3. The van der Waals surface area contributed by atoms with Gasteiger partial charge in [-0.25, -0.2) is 13.2 Å². The number of alkyl halides is 3. The first kappa shape index (κ1) is 19.7. The van der Waals surface area contributed by atoms with Gasteiger partial charge in [-0.05, 0) is 51.2 Å². The topological polar surface area (TPSA) is 85.1 Å². The van der Waals surface area contributed by atoms with E-state index >= 15 is 0 Å². The van der Waals surface area contributed by atoms with Crippen LogP contribution < -0.4 is 11.1 Å². The van der Waals surface area contributed by atoms with E-state index in [0.717, 1.165) is 36.2 Å². The number of benzene rings is 1. The maximum atomic E-state index is 14.6. The van der Waals surface area contributed by atoms with Crippen LogP contribution in [0.1, 0.15) is 25.0 Å². The van der Waals surface area contributed by atoms with Crippen LogP contribution in [0.4, 0.5) is 18.9 Å². The van der Waals surface area contributed by atoms with Gasteiger partial charge < -0.3 is 25.0 Å². The molecule has 156 valence electrons. The average molecular weight is 408 g/mol. The van der Waals surface area contributed by atoms with Gasteiger partial charge in [0.2, 0.25) is 18.0 Å². The molecule has 2 aromatic heterocycles. The van der Waals surface area contributed by atoms with Gasteiger partial charge in [-0.1, -0.05) is 11.2 Å². The maximum Gasteiger partial charge on any atom is 0.288 e. The van der Waals surface area contributed by atoms with Crippen LogP contribution in [0.15, 0.2) is 28.8 Å². The lowest BCUT2D eigenvalue weighted by atomic mass is 10.0. The molecule has 29 heavy (non-hydrogen) atoms. The van der Waals surface area contributed by atoms with E-state index in [1.165, 1.54) is 0 Å². The zero-order valence-corrected chi connectivity index (χ0v) is 16.0. The van der Waals surface area contributed by atoms with Crippen LogP contribution in [-0.2, 0) is 6.54 Å². The van der Waals surface area contributed by atoms with Gasteiger partial charge in [0.25, 0.3) is 6.43 Å². The number of fused-ring (bicyclic) bond motifs is 1. The Morgan fingerprint density at radius 1 is 1.28 bits per heavy atom. The number of nitrogens with zero attached hydrogens (tertiary/aromatic N) is 4. The highest BCUT2D eigenvalue weighted by Crippen LogP contribution is 2.37. The van der Waals surface area contributed by atoms with Gasteiger partial charge in [-0.2, -0.15) is 4.98 Å². The zero-order valence-electron chi connectivity index (χ0n) is 16.0. The van der Waals surface area contributed by atoms with E-state index in [1.807, 2.05) is 6.07 Å². The number of hydrogen-bond acceptors (Lipinski definition) is 6. The lowest BCUT2D eigenvalue weighted by Crippen LogP contribution is -2.36. The van der Waals surface area contributed by atoms with Crippen molar-refractivity contribution >= 4 is 16.6 Å². The molecule has 0 amide bonds. The zero-order chi connectivity index (χ0) is 20.5. The predicted molar refractivity (Wildman–Crippen MR) is 103 cm³/mol. The van der Waals surface area contributed by atoms with Crippen molar-refractivity contribution in [2.24, 2.45) is 5.73 Å². The Morgan fingerprint density at radius 3 is 2.69 bits per heavy atom. The number of aromatic nitrogens is 3. The van der Waals surface area contributed by atoms with Crippen LogP contribution in [-0.4, -0.2) is 52.2 Å². The molecule has 0 spiro atoms. The quantitative estimate of drug-likeness (QED) is 0.650. The van der Waals surface area contributed by atoms with Gasteiger partial charge in [0.15, 0.2) is 0 Å². The first-order chi connectivity index (χ1) is 14.0. The Hall–Kier alpha value is -2.59. The van der Waals surface area contributed by atoms with Crippen molar-refractivity contribution in [3.63, 3.8) is 0 Å². The number of likely N-dealkylation sites (tertiary alicyclic amines) is 1. The average Bonchev–Trinajstić information content (AvgIpc) is 3.34. The van der Waals surface area contributed by atoms with Crippen LogP contribution in [0, 0.1) is 0 Å². The van der Waals surface area contributed by atoms with Gasteiger partial charge in [0.1, 0.15) is 0 Å². The van der Waals surface area contributed by atoms with Crippen LogP contribution >= 0.6 is 0 Å². The Morgan fingerprint density at radius 2 is 2.03 bits per heavy atom. The Kier molecular flexibility index (Phi) is 5.46. The number of anilines is 1. The molecule has 0 saturated carbocycles. The van der Waals surface area contributed by atoms with Crippen LogP contribution in [0.5, 0.6) is 0 Å². The van der Waals surface area contributed by atoms with E-state index in [2.05, 4.69) is 27.4 Å². The standard InChI is InChI=1S/C19H23F3N6O/c1-27-7-5-11(6-8-27)24-13-3-2-4-14-12(13)9-15(28(14)18(22)17(20)21)19-25-16(10-23)29-26-19/h2-4,9,11,17-18,24H,5-8,10,23H2,1H3. The van der Waals surface area contributed by atoms with Gasteiger partial charge in [-0.3, -0.25) is 0 Å². The third kappa shape index (κ3) is 3.82. The van der Waals surface area contributed by atoms with E-state index in [4.69, 9.17) is 10.3 Å². The first-order valence-corrected chi connectivity index (χ1v) is 9.52. The number of nitrogens with one attached hydrogen (secondary N) is 1. The minimum atomic E-state index is -3.20. The molecule has 1 fully saturated rings. The molecule has 4 rings (SSSR count). The van der Waals surface area contributed by atoms with E-state index in [1.54, 1.807) is 18.2 Å². The fourth-order valence-electron chi connectivity index (χ4n) is 3.74. The van der Waals surface area contributed by atoms with Gasteiger partial charge in [0.05, 0.1) is 17.8 Å². The van der Waals surface area contributed by atoms with Crippen LogP contribution in [0.3, 0.4) is 0 Å². The second kappa shape index (κ2) is 8.03. The summed E-state index contributed by atoms with van der Waals surface area (Å²) in [6.45, 7) is 1.95. The number of nitrogens with two attached hydrogens (primary N) is 1. The van der Waals surface area contributed by atoms with E-state index in [9.17, 15) is 13.2 Å². The fourth-order valence-corrected chi connectivity index (χ4v) is 3.74. The van der Waals surface area contributed by atoms with Gasteiger partial charge in [-0.15, -0.1) is 0 Å². The molecular formula is C19H23F3N6O. The summed E-state index contributed by atoms with van der Waals surface area (Å²) >= 11 is 0. The summed E-state index contributed by atoms with van der Waals surface area (Å²) in [5.41, 5.74) is 6.71. The highest BCUT2D eigenvalue weighted by Gasteiger charge is 2.29. The molecule has 1 saturated heterocycles. The molecule has 0 bridgehead atoms. The Labute approximate surface area is 165 Å². The third-order valence-electron chi connectivity index (χ3n) is 5.29. The second-order valence-electron chi connectivity index (χ2n) is 7.28. The highest BCUT2D eigenvalue weighted by molar-refractivity contribution is 5.96. The molecule has 1 aliphatic heterocycles. The SMILES string of the molecule is CN1CCC(Nc2cccc3c2cc(-c2noc(CN)n2)n3C(F)C(F)F)CC1.